The van der Waals surface area contributed by atoms with Crippen molar-refractivity contribution in [2.24, 2.45) is 0 Å². The number of imidazole rings is 1. The van der Waals surface area contributed by atoms with Crippen LogP contribution in [0.3, 0.4) is 0 Å². The molecular formula is C12H16N6O2. The molecule has 0 aliphatic carbocycles. The van der Waals surface area contributed by atoms with Gasteiger partial charge in [-0.3, -0.25) is 10.1 Å². The van der Waals surface area contributed by atoms with Crippen LogP contribution in [0, 0.1) is 10.1 Å². The first kappa shape index (κ1) is 13.8. The maximum atomic E-state index is 10.9. The molecule has 0 spiro atoms. The van der Waals surface area contributed by atoms with E-state index in [1.807, 2.05) is 10.8 Å². The topological polar surface area (TPSA) is 97.9 Å². The lowest BCUT2D eigenvalue weighted by molar-refractivity contribution is -0.384. The molecular weight excluding hydrogens is 260 g/mol. The van der Waals surface area contributed by atoms with E-state index in [2.05, 4.69) is 20.6 Å². The summed E-state index contributed by atoms with van der Waals surface area (Å²) in [5, 5.41) is 16.8. The molecule has 0 saturated heterocycles. The lowest BCUT2D eigenvalue weighted by Crippen LogP contribution is -2.09. The molecule has 2 aromatic heterocycles. The van der Waals surface area contributed by atoms with E-state index in [1.54, 1.807) is 25.6 Å². The predicted octanol–water partition coefficient (Wildman–Crippen LogP) is 1.73. The third kappa shape index (κ3) is 3.44. The van der Waals surface area contributed by atoms with Gasteiger partial charge in [-0.15, -0.1) is 0 Å². The van der Waals surface area contributed by atoms with Gasteiger partial charge in [0.15, 0.2) is 0 Å². The van der Waals surface area contributed by atoms with Crippen LogP contribution in [0.25, 0.3) is 0 Å². The Morgan fingerprint density at radius 3 is 2.95 bits per heavy atom. The Balaban J connectivity index is 1.95. The van der Waals surface area contributed by atoms with E-state index >= 15 is 0 Å². The average Bonchev–Trinajstić information content (AvgIpc) is 2.96. The molecule has 0 saturated carbocycles. The number of anilines is 2. The fourth-order valence-corrected chi connectivity index (χ4v) is 1.76. The molecule has 0 atom stereocenters. The Labute approximate surface area is 116 Å². The number of nitrogens with zero attached hydrogens (tertiary/aromatic N) is 4. The molecule has 0 fully saturated rings. The lowest BCUT2D eigenvalue weighted by atomic mass is 10.3. The van der Waals surface area contributed by atoms with Crippen molar-refractivity contribution < 1.29 is 4.92 Å². The maximum absolute atomic E-state index is 10.9. The highest BCUT2D eigenvalue weighted by atomic mass is 16.6. The molecule has 8 heteroatoms. The number of hydrogen-bond acceptors (Lipinski definition) is 6. The minimum absolute atomic E-state index is 0.0216. The fraction of sp³-hybridized carbons (Fsp3) is 0.333. The molecule has 0 radical (unpaired) electrons. The zero-order chi connectivity index (χ0) is 14.4. The Bertz CT molecular complexity index is 569. The Morgan fingerprint density at radius 1 is 1.45 bits per heavy atom. The van der Waals surface area contributed by atoms with E-state index in [1.165, 1.54) is 6.07 Å². The van der Waals surface area contributed by atoms with Crippen LogP contribution in [-0.4, -0.2) is 33.1 Å². The van der Waals surface area contributed by atoms with Crippen molar-refractivity contribution in [3.63, 3.8) is 0 Å². The van der Waals surface area contributed by atoms with Crippen molar-refractivity contribution in [3.05, 3.63) is 41.0 Å². The average molecular weight is 276 g/mol. The number of hydrogen-bond donors (Lipinski definition) is 2. The number of aryl methyl sites for hydroxylation is 1. The van der Waals surface area contributed by atoms with Gasteiger partial charge >= 0.3 is 5.69 Å². The SMILES string of the molecule is CNc1ccc([N+](=O)[O-])c(NCCCn2ccnc2)n1. The van der Waals surface area contributed by atoms with Gasteiger partial charge in [0.2, 0.25) is 5.82 Å². The van der Waals surface area contributed by atoms with Gasteiger partial charge in [0, 0.05) is 38.6 Å². The highest BCUT2D eigenvalue weighted by molar-refractivity contribution is 5.60. The summed E-state index contributed by atoms with van der Waals surface area (Å²) in [6, 6.07) is 3.02. The Morgan fingerprint density at radius 2 is 2.30 bits per heavy atom. The largest absolute Gasteiger partial charge is 0.373 e. The summed E-state index contributed by atoms with van der Waals surface area (Å²) in [5.41, 5.74) is -0.0216. The molecule has 2 aromatic rings. The minimum atomic E-state index is -0.440. The molecule has 0 aromatic carbocycles. The molecule has 8 nitrogen and oxygen atoms in total. The molecule has 2 N–H and O–H groups in total. The number of rotatable bonds is 7. The van der Waals surface area contributed by atoms with Crippen LogP contribution >= 0.6 is 0 Å². The maximum Gasteiger partial charge on any atom is 0.311 e. The van der Waals surface area contributed by atoms with Crippen molar-refractivity contribution in [1.29, 1.82) is 0 Å². The van der Waals surface area contributed by atoms with Crippen LogP contribution < -0.4 is 10.6 Å². The van der Waals surface area contributed by atoms with Crippen molar-refractivity contribution in [2.75, 3.05) is 24.2 Å². The number of pyridine rings is 1. The number of nitrogens with one attached hydrogen (secondary N) is 2. The monoisotopic (exact) mass is 276 g/mol. The van der Waals surface area contributed by atoms with Gasteiger partial charge in [-0.25, -0.2) is 9.97 Å². The van der Waals surface area contributed by atoms with Crippen LogP contribution in [0.15, 0.2) is 30.9 Å². The van der Waals surface area contributed by atoms with E-state index < -0.39 is 4.92 Å². The van der Waals surface area contributed by atoms with E-state index in [-0.39, 0.29) is 11.5 Å². The molecule has 0 unspecified atom stereocenters. The normalized spacial score (nSPS) is 10.2. The second kappa shape index (κ2) is 6.50. The van der Waals surface area contributed by atoms with E-state index in [0.29, 0.717) is 12.4 Å². The molecule has 20 heavy (non-hydrogen) atoms. The number of aromatic nitrogens is 3. The molecule has 0 aliphatic heterocycles. The molecule has 106 valence electrons. The summed E-state index contributed by atoms with van der Waals surface area (Å²) in [6.07, 6.45) is 6.15. The van der Waals surface area contributed by atoms with Gasteiger partial charge in [0.1, 0.15) is 5.82 Å². The van der Waals surface area contributed by atoms with Gasteiger partial charge in [-0.2, -0.15) is 0 Å². The lowest BCUT2D eigenvalue weighted by Gasteiger charge is -2.08. The standard InChI is InChI=1S/C12H16N6O2/c1-13-11-4-3-10(18(19)20)12(16-11)15-5-2-7-17-8-6-14-9-17/h3-4,6,8-9H,2,5,7H2,1H3,(H2,13,15,16). The van der Waals surface area contributed by atoms with E-state index in [9.17, 15) is 10.1 Å². The van der Waals surface area contributed by atoms with Crippen LogP contribution in [-0.2, 0) is 6.54 Å². The fourth-order valence-electron chi connectivity index (χ4n) is 1.76. The first-order valence-electron chi connectivity index (χ1n) is 6.23. The van der Waals surface area contributed by atoms with Crippen LogP contribution in [0.2, 0.25) is 0 Å². The zero-order valence-electron chi connectivity index (χ0n) is 11.1. The highest BCUT2D eigenvalue weighted by Crippen LogP contribution is 2.23. The van der Waals surface area contributed by atoms with Crippen molar-refractivity contribution in [3.8, 4) is 0 Å². The summed E-state index contributed by atoms with van der Waals surface area (Å²) in [5.74, 6) is 0.875. The van der Waals surface area contributed by atoms with Crippen molar-refractivity contribution >= 4 is 17.3 Å². The van der Waals surface area contributed by atoms with E-state index in [4.69, 9.17) is 0 Å². The summed E-state index contributed by atoms with van der Waals surface area (Å²) in [7, 11) is 1.72. The van der Waals surface area contributed by atoms with Crippen LogP contribution in [0.1, 0.15) is 6.42 Å². The second-order valence-corrected chi connectivity index (χ2v) is 4.15. The van der Waals surface area contributed by atoms with Crippen LogP contribution in [0.4, 0.5) is 17.3 Å². The third-order valence-corrected chi connectivity index (χ3v) is 2.77. The van der Waals surface area contributed by atoms with Gasteiger partial charge in [0.25, 0.3) is 0 Å². The van der Waals surface area contributed by atoms with Crippen LogP contribution in [0.5, 0.6) is 0 Å². The summed E-state index contributed by atoms with van der Waals surface area (Å²) in [4.78, 5) is 18.6. The zero-order valence-corrected chi connectivity index (χ0v) is 11.1. The van der Waals surface area contributed by atoms with Crippen molar-refractivity contribution in [1.82, 2.24) is 14.5 Å². The van der Waals surface area contributed by atoms with Gasteiger partial charge in [-0.05, 0) is 12.5 Å². The Hall–Kier alpha value is -2.64. The quantitative estimate of drug-likeness (QED) is 0.454. The summed E-state index contributed by atoms with van der Waals surface area (Å²) >= 11 is 0. The second-order valence-electron chi connectivity index (χ2n) is 4.15. The first-order valence-corrected chi connectivity index (χ1v) is 6.23. The third-order valence-electron chi connectivity index (χ3n) is 2.77. The number of nitro groups is 1. The molecule has 2 heterocycles. The summed E-state index contributed by atoms with van der Waals surface area (Å²) < 4.78 is 1.95. The smallest absolute Gasteiger partial charge is 0.311 e. The minimum Gasteiger partial charge on any atom is -0.373 e. The molecule has 2 rings (SSSR count). The predicted molar refractivity (Wildman–Crippen MR) is 75.8 cm³/mol. The molecule has 0 bridgehead atoms. The molecule has 0 aliphatic rings. The Kier molecular flexibility index (Phi) is 4.48. The molecule has 0 amide bonds. The first-order chi connectivity index (χ1) is 9.70. The van der Waals surface area contributed by atoms with Gasteiger partial charge in [0.05, 0.1) is 11.3 Å². The summed E-state index contributed by atoms with van der Waals surface area (Å²) in [6.45, 7) is 1.39. The van der Waals surface area contributed by atoms with E-state index in [0.717, 1.165) is 13.0 Å². The highest BCUT2D eigenvalue weighted by Gasteiger charge is 2.15. The van der Waals surface area contributed by atoms with Gasteiger partial charge in [-0.1, -0.05) is 0 Å². The van der Waals surface area contributed by atoms with Gasteiger partial charge < -0.3 is 15.2 Å². The van der Waals surface area contributed by atoms with Crippen molar-refractivity contribution in [2.45, 2.75) is 13.0 Å².